The predicted molar refractivity (Wildman–Crippen MR) is 184 cm³/mol. The lowest BCUT2D eigenvalue weighted by molar-refractivity contribution is 0.0550. The molecule has 1 N–H and O–H groups in total. The Morgan fingerprint density at radius 1 is 1.09 bits per heavy atom. The number of fused-ring (bicyclic) bond motifs is 1. The molecular formula is C37H55FN6O2. The van der Waals surface area contributed by atoms with E-state index in [9.17, 15) is 9.18 Å². The molecule has 1 amide bonds. The number of nitrogens with one attached hydrogen (secondary N) is 1. The van der Waals surface area contributed by atoms with Crippen molar-refractivity contribution < 1.29 is 13.9 Å². The molecule has 2 saturated heterocycles. The maximum Gasteiger partial charge on any atom is 0.255 e. The van der Waals surface area contributed by atoms with Gasteiger partial charge in [-0.3, -0.25) is 9.69 Å². The minimum Gasteiger partial charge on any atom is -0.383 e. The second-order valence-corrected chi connectivity index (χ2v) is 14.3. The van der Waals surface area contributed by atoms with Gasteiger partial charge in [-0.15, -0.1) is 0 Å². The normalized spacial score (nSPS) is 19.0. The van der Waals surface area contributed by atoms with Crippen LogP contribution < -0.4 is 5.32 Å². The number of imidazole rings is 1. The summed E-state index contributed by atoms with van der Waals surface area (Å²) in [7, 11) is 1.78. The van der Waals surface area contributed by atoms with Gasteiger partial charge in [-0.1, -0.05) is 19.9 Å². The number of pyridine rings is 1. The van der Waals surface area contributed by atoms with Crippen molar-refractivity contribution in [2.45, 2.75) is 91.4 Å². The van der Waals surface area contributed by atoms with Crippen LogP contribution in [0.4, 0.5) is 4.39 Å². The first-order valence-electron chi connectivity index (χ1n) is 17.3. The smallest absolute Gasteiger partial charge is 0.255 e. The number of piperazine rings is 1. The molecular weight excluding hydrogens is 579 g/mol. The fourth-order valence-corrected chi connectivity index (χ4v) is 7.68. The minimum absolute atomic E-state index is 0.00789. The first-order valence-corrected chi connectivity index (χ1v) is 17.3. The number of halogens is 1. The second kappa shape index (κ2) is 14.9. The minimum atomic E-state index is -0.405. The Kier molecular flexibility index (Phi) is 11.2. The summed E-state index contributed by atoms with van der Waals surface area (Å²) in [5.41, 5.74) is 4.24. The molecule has 0 bridgehead atoms. The van der Waals surface area contributed by atoms with Crippen LogP contribution in [-0.2, 0) is 4.74 Å². The predicted octanol–water partition coefficient (Wildman–Crippen LogP) is 5.83. The maximum absolute atomic E-state index is 14.7. The number of nitrogens with zero attached hydrogens (tertiary/aromatic N) is 5. The molecule has 2 aliphatic heterocycles. The number of rotatable bonds is 13. The molecule has 0 unspecified atom stereocenters. The van der Waals surface area contributed by atoms with Crippen LogP contribution in [0.25, 0.3) is 16.6 Å². The Labute approximate surface area is 275 Å². The summed E-state index contributed by atoms with van der Waals surface area (Å²) in [5, 5.41) is 3.56. The van der Waals surface area contributed by atoms with Crippen molar-refractivity contribution >= 4 is 11.4 Å². The summed E-state index contributed by atoms with van der Waals surface area (Å²) >= 11 is 0. The monoisotopic (exact) mass is 634 g/mol. The molecule has 0 saturated carbocycles. The highest BCUT2D eigenvalue weighted by Crippen LogP contribution is 2.37. The van der Waals surface area contributed by atoms with Gasteiger partial charge in [-0.25, -0.2) is 9.37 Å². The molecule has 0 spiro atoms. The van der Waals surface area contributed by atoms with Crippen molar-refractivity contribution in [2.24, 2.45) is 5.92 Å². The zero-order chi connectivity index (χ0) is 33.1. The summed E-state index contributed by atoms with van der Waals surface area (Å²) < 4.78 is 22.2. The van der Waals surface area contributed by atoms with Crippen LogP contribution in [-0.4, -0.2) is 107 Å². The highest BCUT2D eigenvalue weighted by molar-refractivity contribution is 6.03. The molecule has 3 aromatic rings. The van der Waals surface area contributed by atoms with Gasteiger partial charge in [0.05, 0.1) is 23.9 Å². The topological polar surface area (TPSA) is 65.4 Å². The first-order chi connectivity index (χ1) is 22.0. The van der Waals surface area contributed by atoms with Crippen molar-refractivity contribution in [1.29, 1.82) is 0 Å². The number of likely N-dealkylation sites (tertiary alicyclic amines) is 1. The summed E-state index contributed by atoms with van der Waals surface area (Å²) in [6, 6.07) is 7.81. The van der Waals surface area contributed by atoms with Crippen LogP contribution in [0.1, 0.15) is 82.0 Å². The number of carbonyl (C=O) groups is 1. The third-order valence-electron chi connectivity index (χ3n) is 10.00. The molecule has 2 aromatic heterocycles. The maximum atomic E-state index is 14.7. The van der Waals surface area contributed by atoms with E-state index in [1.165, 1.54) is 30.5 Å². The zero-order valence-corrected chi connectivity index (χ0v) is 29.2. The van der Waals surface area contributed by atoms with E-state index in [2.05, 4.69) is 50.6 Å². The van der Waals surface area contributed by atoms with Crippen LogP contribution in [0.5, 0.6) is 0 Å². The van der Waals surface area contributed by atoms with E-state index in [0.29, 0.717) is 29.5 Å². The molecule has 0 aliphatic carbocycles. The summed E-state index contributed by atoms with van der Waals surface area (Å²) in [4.78, 5) is 25.6. The van der Waals surface area contributed by atoms with Crippen molar-refractivity contribution in [3.05, 3.63) is 59.4 Å². The Bertz CT molecular complexity index is 1470. The number of aryl methyl sites for hydroxylation is 1. The SMILES string of the molecule is COC[C@H]1CN(CCC[C@H](C(C)C)N2CC(c3cc(-c4ccc(F)cc4C(=O)N(C(C)C)C(C)C)c4cnc(C)n4c3)C2)CCN1. The number of amides is 1. The number of ether oxygens (including phenoxy) is 1. The number of hydrogen-bond acceptors (Lipinski definition) is 6. The van der Waals surface area contributed by atoms with Gasteiger partial charge in [0, 0.05) is 81.7 Å². The average Bonchev–Trinajstić information content (AvgIpc) is 3.35. The first kappa shape index (κ1) is 34.5. The Morgan fingerprint density at radius 2 is 1.83 bits per heavy atom. The van der Waals surface area contributed by atoms with Gasteiger partial charge in [-0.05, 0) is 89.2 Å². The fraction of sp³-hybridized carbons (Fsp3) is 0.622. The Balaban J connectivity index is 1.35. The van der Waals surface area contributed by atoms with E-state index in [-0.39, 0.29) is 18.0 Å². The third-order valence-corrected chi connectivity index (χ3v) is 10.00. The number of carbonyl (C=O) groups excluding carboxylic acids is 1. The molecule has 8 nitrogen and oxygen atoms in total. The average molecular weight is 635 g/mol. The van der Waals surface area contributed by atoms with Gasteiger partial charge in [0.2, 0.25) is 0 Å². The highest BCUT2D eigenvalue weighted by Gasteiger charge is 2.35. The fourth-order valence-electron chi connectivity index (χ4n) is 7.68. The van der Waals surface area contributed by atoms with E-state index >= 15 is 0 Å². The largest absolute Gasteiger partial charge is 0.383 e. The summed E-state index contributed by atoms with van der Waals surface area (Å²) in [6.45, 7) is 21.8. The molecule has 4 heterocycles. The van der Waals surface area contributed by atoms with E-state index in [1.54, 1.807) is 13.2 Å². The van der Waals surface area contributed by atoms with E-state index in [0.717, 1.165) is 68.3 Å². The lowest BCUT2D eigenvalue weighted by atomic mass is 9.85. The van der Waals surface area contributed by atoms with Gasteiger partial charge >= 0.3 is 0 Å². The Morgan fingerprint density at radius 3 is 2.50 bits per heavy atom. The van der Waals surface area contributed by atoms with Gasteiger partial charge in [0.15, 0.2) is 0 Å². The quantitative estimate of drug-likeness (QED) is 0.255. The second-order valence-electron chi connectivity index (χ2n) is 14.3. The zero-order valence-electron chi connectivity index (χ0n) is 29.2. The summed E-state index contributed by atoms with van der Waals surface area (Å²) in [6.07, 6.45) is 6.47. The lowest BCUT2D eigenvalue weighted by Gasteiger charge is -2.46. The molecule has 2 fully saturated rings. The number of hydrogen-bond donors (Lipinski definition) is 1. The van der Waals surface area contributed by atoms with E-state index in [4.69, 9.17) is 4.74 Å². The molecule has 2 aliphatic rings. The van der Waals surface area contributed by atoms with Gasteiger partial charge < -0.3 is 24.3 Å². The number of methoxy groups -OCH3 is 1. The molecule has 9 heteroatoms. The van der Waals surface area contributed by atoms with E-state index < -0.39 is 5.82 Å². The van der Waals surface area contributed by atoms with Crippen LogP contribution in [0.2, 0.25) is 0 Å². The van der Waals surface area contributed by atoms with Crippen LogP contribution in [0, 0.1) is 18.7 Å². The lowest BCUT2D eigenvalue weighted by Crippen LogP contribution is -2.54. The highest BCUT2D eigenvalue weighted by atomic mass is 19.1. The van der Waals surface area contributed by atoms with Crippen molar-refractivity contribution in [2.75, 3.05) is 53.0 Å². The van der Waals surface area contributed by atoms with E-state index in [1.807, 2.05) is 45.7 Å². The van der Waals surface area contributed by atoms with Crippen LogP contribution in [0.15, 0.2) is 36.7 Å². The van der Waals surface area contributed by atoms with Gasteiger partial charge in [-0.2, -0.15) is 0 Å². The summed E-state index contributed by atoms with van der Waals surface area (Å²) in [5.74, 6) is 1.31. The number of aromatic nitrogens is 2. The van der Waals surface area contributed by atoms with Crippen molar-refractivity contribution in [1.82, 2.24) is 29.4 Å². The van der Waals surface area contributed by atoms with Gasteiger partial charge in [0.25, 0.3) is 5.91 Å². The van der Waals surface area contributed by atoms with Gasteiger partial charge in [0.1, 0.15) is 11.6 Å². The molecule has 252 valence electrons. The van der Waals surface area contributed by atoms with Crippen molar-refractivity contribution in [3.63, 3.8) is 0 Å². The van der Waals surface area contributed by atoms with Crippen LogP contribution >= 0.6 is 0 Å². The van der Waals surface area contributed by atoms with Crippen LogP contribution in [0.3, 0.4) is 0 Å². The molecule has 0 radical (unpaired) electrons. The number of benzene rings is 1. The van der Waals surface area contributed by atoms with Crippen molar-refractivity contribution in [3.8, 4) is 11.1 Å². The molecule has 2 atom stereocenters. The molecule has 46 heavy (non-hydrogen) atoms. The molecule has 1 aromatic carbocycles. The molecule has 5 rings (SSSR count). The Hall–Kier alpha value is -2.85. The third kappa shape index (κ3) is 7.48. The standard InChI is InChI=1S/C37H55FN6O2/c1-24(2)35(10-9-14-41-15-13-39-31(22-41)23-46-8)42-19-29(20-42)28-16-33(36-18-40-27(7)43(36)21-28)32-12-11-30(38)17-34(32)37(45)44(25(3)4)26(5)6/h11-12,16-18,21,24-26,29,31,35,39H,9-10,13-15,19-20,22-23H2,1-8H3/t31-,35-/m1/s1.